The Bertz CT molecular complexity index is 639. The fraction of sp³-hybridized carbons (Fsp3) is 0.467. The molecule has 0 unspecified atom stereocenters. The van der Waals surface area contributed by atoms with Gasteiger partial charge in [-0.25, -0.2) is 4.98 Å². The van der Waals surface area contributed by atoms with Gasteiger partial charge in [0.1, 0.15) is 0 Å². The minimum absolute atomic E-state index is 0.500. The normalized spacial score (nSPS) is 10.9. The molecule has 0 bridgehead atoms. The van der Waals surface area contributed by atoms with Crippen LogP contribution in [-0.2, 0) is 0 Å². The second-order valence-electron chi connectivity index (χ2n) is 5.36. The van der Waals surface area contributed by atoms with Crippen LogP contribution in [0.2, 0.25) is 0 Å². The second kappa shape index (κ2) is 6.10. The molecule has 0 aliphatic carbocycles. The summed E-state index contributed by atoms with van der Waals surface area (Å²) in [4.78, 5) is 6.72. The highest BCUT2D eigenvalue weighted by Gasteiger charge is 2.14. The van der Waals surface area contributed by atoms with Gasteiger partial charge in [-0.1, -0.05) is 13.8 Å². The molecule has 106 valence electrons. The van der Waals surface area contributed by atoms with Crippen LogP contribution < -0.4 is 10.6 Å². The monoisotopic (exact) mass is 288 g/mol. The van der Waals surface area contributed by atoms with E-state index in [1.165, 1.54) is 0 Å². The molecular weight excluding hydrogens is 268 g/mol. The average Bonchev–Trinajstić information content (AvgIpc) is 2.72. The van der Waals surface area contributed by atoms with Gasteiger partial charge in [0.05, 0.1) is 39.1 Å². The van der Waals surface area contributed by atoms with Gasteiger partial charge in [0.2, 0.25) is 0 Å². The maximum atomic E-state index is 8.82. The van der Waals surface area contributed by atoms with Crippen molar-refractivity contribution < 1.29 is 0 Å². The van der Waals surface area contributed by atoms with Crippen molar-refractivity contribution in [2.75, 3.05) is 23.7 Å². The number of aryl methyl sites for hydroxylation is 1. The number of thiazole rings is 1. The minimum Gasteiger partial charge on any atom is -0.397 e. The molecule has 0 aliphatic heterocycles. The largest absolute Gasteiger partial charge is 0.397 e. The number of nitriles is 1. The van der Waals surface area contributed by atoms with Crippen LogP contribution in [-0.4, -0.2) is 18.1 Å². The Kier molecular flexibility index (Phi) is 4.46. The molecule has 5 heteroatoms. The standard InChI is InChI=1S/C15H20N4S/c1-10(2)9-19(6-4-5-16)14-8-13-15(7-12(14)17)20-11(3)18-13/h7-8,10H,4,6,9,17H2,1-3H3. The average molecular weight is 288 g/mol. The number of anilines is 2. The molecule has 0 fully saturated rings. The van der Waals surface area contributed by atoms with E-state index < -0.39 is 0 Å². The lowest BCUT2D eigenvalue weighted by atomic mass is 10.1. The fourth-order valence-corrected chi connectivity index (χ4v) is 3.16. The van der Waals surface area contributed by atoms with Crippen LogP contribution in [0.15, 0.2) is 12.1 Å². The first kappa shape index (κ1) is 14.6. The highest BCUT2D eigenvalue weighted by Crippen LogP contribution is 2.32. The van der Waals surface area contributed by atoms with Crippen LogP contribution in [0.1, 0.15) is 25.3 Å². The quantitative estimate of drug-likeness (QED) is 0.854. The summed E-state index contributed by atoms with van der Waals surface area (Å²) in [6.07, 6.45) is 0.500. The third-order valence-corrected chi connectivity index (χ3v) is 4.00. The van der Waals surface area contributed by atoms with E-state index in [9.17, 15) is 0 Å². The Hall–Kier alpha value is -1.80. The van der Waals surface area contributed by atoms with Gasteiger partial charge in [-0.15, -0.1) is 11.3 Å². The van der Waals surface area contributed by atoms with Crippen LogP contribution >= 0.6 is 11.3 Å². The fourth-order valence-electron chi connectivity index (χ4n) is 2.30. The molecule has 2 aromatic rings. The van der Waals surface area contributed by atoms with Crippen molar-refractivity contribution in [3.8, 4) is 6.07 Å². The minimum atomic E-state index is 0.500. The number of fused-ring (bicyclic) bond motifs is 1. The molecule has 2 N–H and O–H groups in total. The number of nitrogens with two attached hydrogens (primary N) is 1. The van der Waals surface area contributed by atoms with Crippen LogP contribution in [0.4, 0.5) is 11.4 Å². The predicted octanol–water partition coefficient (Wildman–Crippen LogP) is 3.56. The Morgan fingerprint density at radius 2 is 2.20 bits per heavy atom. The Labute approximate surface area is 123 Å². The van der Waals surface area contributed by atoms with E-state index in [4.69, 9.17) is 11.0 Å². The van der Waals surface area contributed by atoms with E-state index in [0.717, 1.165) is 33.1 Å². The van der Waals surface area contributed by atoms with Crippen molar-refractivity contribution in [2.45, 2.75) is 27.2 Å². The zero-order valence-electron chi connectivity index (χ0n) is 12.2. The van der Waals surface area contributed by atoms with Gasteiger partial charge in [0, 0.05) is 13.1 Å². The number of hydrogen-bond acceptors (Lipinski definition) is 5. The lowest BCUT2D eigenvalue weighted by Crippen LogP contribution is -2.29. The Morgan fingerprint density at radius 1 is 1.45 bits per heavy atom. The summed E-state index contributed by atoms with van der Waals surface area (Å²) in [5, 5.41) is 9.87. The molecule has 20 heavy (non-hydrogen) atoms. The molecule has 0 saturated heterocycles. The van der Waals surface area contributed by atoms with E-state index in [1.54, 1.807) is 11.3 Å². The van der Waals surface area contributed by atoms with Gasteiger partial charge < -0.3 is 10.6 Å². The first-order valence-corrected chi connectivity index (χ1v) is 7.61. The second-order valence-corrected chi connectivity index (χ2v) is 6.59. The third-order valence-electron chi connectivity index (χ3n) is 3.06. The molecule has 0 atom stereocenters. The summed E-state index contributed by atoms with van der Waals surface area (Å²) >= 11 is 1.66. The lowest BCUT2D eigenvalue weighted by Gasteiger charge is -2.27. The van der Waals surface area contributed by atoms with Crippen molar-refractivity contribution in [3.63, 3.8) is 0 Å². The SMILES string of the molecule is Cc1nc2cc(N(CCC#N)CC(C)C)c(N)cc2s1. The van der Waals surface area contributed by atoms with Gasteiger partial charge in [-0.2, -0.15) is 5.26 Å². The maximum absolute atomic E-state index is 8.82. The lowest BCUT2D eigenvalue weighted by molar-refractivity contribution is 0.613. The van der Waals surface area contributed by atoms with Gasteiger partial charge in [-0.05, 0) is 25.0 Å². The number of rotatable bonds is 5. The van der Waals surface area contributed by atoms with Crippen molar-refractivity contribution in [1.82, 2.24) is 4.98 Å². The van der Waals surface area contributed by atoms with Crippen molar-refractivity contribution in [2.24, 2.45) is 5.92 Å². The summed E-state index contributed by atoms with van der Waals surface area (Å²) in [6, 6.07) is 6.25. The van der Waals surface area contributed by atoms with Crippen LogP contribution in [0.3, 0.4) is 0 Å². The van der Waals surface area contributed by atoms with Crippen molar-refractivity contribution in [1.29, 1.82) is 5.26 Å². The maximum Gasteiger partial charge on any atom is 0.0907 e. The van der Waals surface area contributed by atoms with E-state index in [0.29, 0.717) is 18.9 Å². The molecule has 0 amide bonds. The first-order valence-electron chi connectivity index (χ1n) is 6.80. The summed E-state index contributed by atoms with van der Waals surface area (Å²) in [5.74, 6) is 0.515. The molecule has 0 radical (unpaired) electrons. The molecule has 0 spiro atoms. The molecule has 4 nitrogen and oxygen atoms in total. The highest BCUT2D eigenvalue weighted by atomic mass is 32.1. The Balaban J connectivity index is 2.40. The van der Waals surface area contributed by atoms with E-state index in [-0.39, 0.29) is 0 Å². The summed E-state index contributed by atoms with van der Waals surface area (Å²) < 4.78 is 1.12. The molecule has 1 aromatic heterocycles. The molecular formula is C15H20N4S. The van der Waals surface area contributed by atoms with Crippen LogP contribution in [0.25, 0.3) is 10.2 Å². The topological polar surface area (TPSA) is 65.9 Å². The van der Waals surface area contributed by atoms with Crippen molar-refractivity contribution in [3.05, 3.63) is 17.1 Å². The van der Waals surface area contributed by atoms with E-state index in [1.807, 2.05) is 19.1 Å². The van der Waals surface area contributed by atoms with Gasteiger partial charge in [0.25, 0.3) is 0 Å². The van der Waals surface area contributed by atoms with Gasteiger partial charge in [0.15, 0.2) is 0 Å². The summed E-state index contributed by atoms with van der Waals surface area (Å²) in [5.41, 5.74) is 8.94. The van der Waals surface area contributed by atoms with Crippen LogP contribution in [0, 0.1) is 24.2 Å². The zero-order chi connectivity index (χ0) is 14.7. The zero-order valence-corrected chi connectivity index (χ0v) is 13.0. The molecule has 2 rings (SSSR count). The number of aromatic nitrogens is 1. The first-order chi connectivity index (χ1) is 9.51. The van der Waals surface area contributed by atoms with Gasteiger partial charge >= 0.3 is 0 Å². The highest BCUT2D eigenvalue weighted by molar-refractivity contribution is 7.18. The summed E-state index contributed by atoms with van der Waals surface area (Å²) in [6.45, 7) is 7.93. The van der Waals surface area contributed by atoms with Crippen LogP contribution in [0.5, 0.6) is 0 Å². The Morgan fingerprint density at radius 3 is 2.85 bits per heavy atom. The number of nitrogens with zero attached hydrogens (tertiary/aromatic N) is 3. The number of hydrogen-bond donors (Lipinski definition) is 1. The molecule has 1 aromatic carbocycles. The molecule has 0 aliphatic rings. The van der Waals surface area contributed by atoms with Gasteiger partial charge in [-0.3, -0.25) is 0 Å². The predicted molar refractivity (Wildman–Crippen MR) is 86.1 cm³/mol. The number of nitrogen functional groups attached to an aromatic ring is 1. The van der Waals surface area contributed by atoms with E-state index >= 15 is 0 Å². The molecule has 1 heterocycles. The smallest absolute Gasteiger partial charge is 0.0907 e. The summed E-state index contributed by atoms with van der Waals surface area (Å²) in [7, 11) is 0. The van der Waals surface area contributed by atoms with E-state index in [2.05, 4.69) is 29.8 Å². The molecule has 0 saturated carbocycles. The number of benzene rings is 1. The third kappa shape index (κ3) is 3.20. The van der Waals surface area contributed by atoms with Crippen molar-refractivity contribution >= 4 is 32.9 Å².